The zero-order valence-corrected chi connectivity index (χ0v) is 12.4. The summed E-state index contributed by atoms with van der Waals surface area (Å²) in [7, 11) is 0. The number of rotatable bonds is 2. The minimum atomic E-state index is -0.354. The van der Waals surface area contributed by atoms with Gasteiger partial charge in [-0.3, -0.25) is 14.4 Å². The van der Waals surface area contributed by atoms with Gasteiger partial charge in [0, 0.05) is 32.2 Å². The highest BCUT2D eigenvalue weighted by atomic mass is 16.3. The topological polar surface area (TPSA) is 99.5 Å². The Bertz CT molecular complexity index is 733. The summed E-state index contributed by atoms with van der Waals surface area (Å²) in [5.74, 6) is -0.132. The molecular formula is C15H16N4O4. The van der Waals surface area contributed by atoms with Crippen molar-refractivity contribution in [2.24, 2.45) is 0 Å². The van der Waals surface area contributed by atoms with Gasteiger partial charge in [0.2, 0.25) is 0 Å². The summed E-state index contributed by atoms with van der Waals surface area (Å²) in [4.78, 5) is 39.0. The molecule has 1 saturated heterocycles. The Morgan fingerprint density at radius 3 is 2.39 bits per heavy atom. The van der Waals surface area contributed by atoms with Crippen LogP contribution in [0.15, 0.2) is 39.7 Å². The lowest BCUT2D eigenvalue weighted by atomic mass is 10.3. The fraction of sp³-hybridized carbons (Fsp3) is 0.333. The van der Waals surface area contributed by atoms with E-state index in [1.165, 1.54) is 18.4 Å². The van der Waals surface area contributed by atoms with E-state index in [1.807, 2.05) is 0 Å². The molecule has 1 aliphatic rings. The van der Waals surface area contributed by atoms with Crippen LogP contribution < -0.4 is 5.56 Å². The average molecular weight is 316 g/mol. The zero-order chi connectivity index (χ0) is 16.2. The molecule has 8 nitrogen and oxygen atoms in total. The van der Waals surface area contributed by atoms with Gasteiger partial charge in [-0.25, -0.2) is 5.10 Å². The van der Waals surface area contributed by atoms with Gasteiger partial charge in [0.15, 0.2) is 5.76 Å². The monoisotopic (exact) mass is 316 g/mol. The summed E-state index contributed by atoms with van der Waals surface area (Å²) >= 11 is 0. The van der Waals surface area contributed by atoms with Gasteiger partial charge in [0.1, 0.15) is 5.69 Å². The number of nitrogens with one attached hydrogen (secondary N) is 1. The number of carbonyl (C=O) groups excluding carboxylic acids is 2. The Kier molecular flexibility index (Phi) is 4.22. The highest BCUT2D eigenvalue weighted by Crippen LogP contribution is 2.11. The number of aromatic amines is 1. The molecule has 0 bridgehead atoms. The van der Waals surface area contributed by atoms with E-state index >= 15 is 0 Å². The van der Waals surface area contributed by atoms with Crippen LogP contribution in [-0.4, -0.2) is 58.0 Å². The van der Waals surface area contributed by atoms with E-state index in [-0.39, 0.29) is 23.1 Å². The highest BCUT2D eigenvalue weighted by Gasteiger charge is 2.25. The lowest BCUT2D eigenvalue weighted by Crippen LogP contribution is -2.37. The van der Waals surface area contributed by atoms with Crippen molar-refractivity contribution >= 4 is 11.8 Å². The Hall–Kier alpha value is -2.90. The molecule has 1 aliphatic heterocycles. The summed E-state index contributed by atoms with van der Waals surface area (Å²) in [6.45, 7) is 1.92. The minimum absolute atomic E-state index is 0.175. The Labute approximate surface area is 131 Å². The molecule has 0 aromatic carbocycles. The van der Waals surface area contributed by atoms with Crippen molar-refractivity contribution in [3.05, 3.63) is 52.3 Å². The van der Waals surface area contributed by atoms with Gasteiger partial charge >= 0.3 is 0 Å². The van der Waals surface area contributed by atoms with Crippen LogP contribution in [0, 0.1) is 0 Å². The first-order valence-corrected chi connectivity index (χ1v) is 7.33. The maximum atomic E-state index is 12.4. The first kappa shape index (κ1) is 15.0. The summed E-state index contributed by atoms with van der Waals surface area (Å²) in [6, 6.07) is 5.96. The third-order valence-electron chi connectivity index (χ3n) is 3.70. The van der Waals surface area contributed by atoms with Crippen LogP contribution in [0.1, 0.15) is 27.5 Å². The van der Waals surface area contributed by atoms with E-state index in [2.05, 4.69) is 10.2 Å². The molecule has 23 heavy (non-hydrogen) atoms. The molecule has 2 amide bonds. The first-order valence-electron chi connectivity index (χ1n) is 7.33. The van der Waals surface area contributed by atoms with E-state index in [4.69, 9.17) is 4.42 Å². The van der Waals surface area contributed by atoms with Crippen LogP contribution in [-0.2, 0) is 0 Å². The van der Waals surface area contributed by atoms with Gasteiger partial charge < -0.3 is 14.2 Å². The molecule has 0 atom stereocenters. The fourth-order valence-corrected chi connectivity index (χ4v) is 2.51. The lowest BCUT2D eigenvalue weighted by molar-refractivity contribution is 0.0697. The van der Waals surface area contributed by atoms with Crippen LogP contribution in [0.5, 0.6) is 0 Å². The van der Waals surface area contributed by atoms with E-state index in [0.717, 1.165) is 0 Å². The molecule has 3 rings (SSSR count). The van der Waals surface area contributed by atoms with Gasteiger partial charge in [-0.15, -0.1) is 0 Å². The maximum absolute atomic E-state index is 12.4. The van der Waals surface area contributed by atoms with Gasteiger partial charge in [0.25, 0.3) is 17.4 Å². The first-order chi connectivity index (χ1) is 11.1. The predicted molar refractivity (Wildman–Crippen MR) is 80.0 cm³/mol. The molecule has 0 saturated carbocycles. The molecule has 3 heterocycles. The van der Waals surface area contributed by atoms with Crippen LogP contribution in [0.4, 0.5) is 0 Å². The normalized spacial score (nSPS) is 15.3. The van der Waals surface area contributed by atoms with Gasteiger partial charge in [0.05, 0.1) is 6.26 Å². The highest BCUT2D eigenvalue weighted by molar-refractivity contribution is 5.93. The van der Waals surface area contributed by atoms with Crippen LogP contribution >= 0.6 is 0 Å². The number of nitrogens with zero attached hydrogens (tertiary/aromatic N) is 3. The second kappa shape index (κ2) is 6.47. The number of H-pyrrole nitrogens is 1. The number of hydrogen-bond acceptors (Lipinski definition) is 5. The van der Waals surface area contributed by atoms with Gasteiger partial charge in [-0.2, -0.15) is 5.10 Å². The zero-order valence-electron chi connectivity index (χ0n) is 12.4. The van der Waals surface area contributed by atoms with Crippen LogP contribution in [0.25, 0.3) is 0 Å². The second-order valence-electron chi connectivity index (χ2n) is 5.22. The molecule has 1 N–H and O–H groups in total. The smallest absolute Gasteiger partial charge is 0.289 e. The van der Waals surface area contributed by atoms with Crippen molar-refractivity contribution in [1.82, 2.24) is 20.0 Å². The molecular weight excluding hydrogens is 300 g/mol. The van der Waals surface area contributed by atoms with Crippen LogP contribution in [0.2, 0.25) is 0 Å². The average Bonchev–Trinajstić information content (AvgIpc) is 2.99. The van der Waals surface area contributed by atoms with E-state index in [9.17, 15) is 14.4 Å². The summed E-state index contributed by atoms with van der Waals surface area (Å²) in [5, 5.41) is 6.01. The largest absolute Gasteiger partial charge is 0.459 e. The molecule has 0 spiro atoms. The standard InChI is InChI=1S/C15H16N4O4/c20-13-5-4-11(16-17-13)14(21)18-6-2-7-19(9-8-18)15(22)12-3-1-10-23-12/h1,3-5,10H,2,6-9H2,(H,17,20). The Morgan fingerprint density at radius 1 is 1.04 bits per heavy atom. The molecule has 8 heteroatoms. The van der Waals surface area contributed by atoms with E-state index < -0.39 is 0 Å². The quantitative estimate of drug-likeness (QED) is 0.862. The number of furan rings is 1. The van der Waals surface area contributed by atoms with Crippen LogP contribution in [0.3, 0.4) is 0 Å². The third kappa shape index (κ3) is 3.31. The molecule has 120 valence electrons. The molecule has 2 aromatic rings. The van der Waals surface area contributed by atoms with Crippen molar-refractivity contribution in [3.8, 4) is 0 Å². The SMILES string of the molecule is O=C(c1ccc(=O)[nH]n1)N1CCCN(C(=O)c2ccco2)CC1. The summed E-state index contributed by atoms with van der Waals surface area (Å²) < 4.78 is 5.13. The summed E-state index contributed by atoms with van der Waals surface area (Å²) in [5.41, 5.74) is -0.164. The number of carbonyl (C=O) groups is 2. The Morgan fingerprint density at radius 2 is 1.78 bits per heavy atom. The number of aromatic nitrogens is 2. The molecule has 1 fully saturated rings. The van der Waals surface area contributed by atoms with E-state index in [0.29, 0.717) is 38.4 Å². The van der Waals surface area contributed by atoms with Crippen molar-refractivity contribution in [3.63, 3.8) is 0 Å². The Balaban J connectivity index is 1.66. The second-order valence-corrected chi connectivity index (χ2v) is 5.22. The number of hydrogen-bond donors (Lipinski definition) is 1. The van der Waals surface area contributed by atoms with E-state index in [1.54, 1.807) is 21.9 Å². The summed E-state index contributed by atoms with van der Waals surface area (Å²) in [6.07, 6.45) is 2.13. The molecule has 0 radical (unpaired) electrons. The third-order valence-corrected chi connectivity index (χ3v) is 3.70. The lowest BCUT2D eigenvalue weighted by Gasteiger charge is -2.21. The van der Waals surface area contributed by atoms with Crippen molar-refractivity contribution < 1.29 is 14.0 Å². The molecule has 0 aliphatic carbocycles. The fourth-order valence-electron chi connectivity index (χ4n) is 2.51. The minimum Gasteiger partial charge on any atom is -0.459 e. The van der Waals surface area contributed by atoms with Gasteiger partial charge in [-0.1, -0.05) is 0 Å². The maximum Gasteiger partial charge on any atom is 0.289 e. The van der Waals surface area contributed by atoms with Crippen molar-refractivity contribution in [2.45, 2.75) is 6.42 Å². The van der Waals surface area contributed by atoms with Crippen molar-refractivity contribution in [1.29, 1.82) is 0 Å². The predicted octanol–water partition coefficient (Wildman–Crippen LogP) is 0.351. The number of amides is 2. The molecule has 2 aromatic heterocycles. The van der Waals surface area contributed by atoms with Crippen molar-refractivity contribution in [2.75, 3.05) is 26.2 Å². The molecule has 0 unspecified atom stereocenters. The van der Waals surface area contributed by atoms with Gasteiger partial charge in [-0.05, 0) is 24.6 Å².